The van der Waals surface area contributed by atoms with E-state index in [2.05, 4.69) is 19.2 Å². The second-order valence-electron chi connectivity index (χ2n) is 7.15. The first-order valence-corrected chi connectivity index (χ1v) is 9.72. The normalized spacial score (nSPS) is 16.0. The van der Waals surface area contributed by atoms with E-state index in [0.29, 0.717) is 6.61 Å². The summed E-state index contributed by atoms with van der Waals surface area (Å²) >= 11 is 0. The first kappa shape index (κ1) is 19.8. The number of aryl methyl sites for hydroxylation is 2. The highest BCUT2D eigenvalue weighted by Gasteiger charge is 2.42. The second kappa shape index (κ2) is 9.23. The van der Waals surface area contributed by atoms with Crippen LogP contribution in [0.1, 0.15) is 69.9 Å². The van der Waals surface area contributed by atoms with Crippen molar-refractivity contribution in [3.05, 3.63) is 23.3 Å². The molecule has 1 aromatic carbocycles. The van der Waals surface area contributed by atoms with Crippen LogP contribution < -0.4 is 10.1 Å². The summed E-state index contributed by atoms with van der Waals surface area (Å²) < 4.78 is 11.9. The lowest BCUT2D eigenvalue weighted by molar-refractivity contribution is -0.140. The Hall–Kier alpha value is -1.55. The van der Waals surface area contributed by atoms with Crippen LogP contribution in [0.25, 0.3) is 0 Å². The zero-order valence-corrected chi connectivity index (χ0v) is 16.2. The van der Waals surface area contributed by atoms with Gasteiger partial charge in [-0.15, -0.1) is 0 Å². The summed E-state index contributed by atoms with van der Waals surface area (Å²) in [5.74, 6) is 0.932. The Kier molecular flexibility index (Phi) is 7.30. The minimum atomic E-state index is -0.645. The number of hydrogen-bond donors (Lipinski definition) is 1. The minimum Gasteiger partial charge on any atom is -0.493 e. The van der Waals surface area contributed by atoms with E-state index in [1.54, 1.807) is 0 Å². The number of carbonyl (C=O) groups excluding carboxylic acids is 1. The van der Waals surface area contributed by atoms with Crippen molar-refractivity contribution >= 4 is 11.6 Å². The van der Waals surface area contributed by atoms with Gasteiger partial charge in [0.25, 0.3) is 5.91 Å². The molecule has 1 aliphatic carbocycles. The molecule has 0 aromatic heterocycles. The Balaban J connectivity index is 2.09. The highest BCUT2D eigenvalue weighted by atomic mass is 16.5. The first-order valence-electron chi connectivity index (χ1n) is 9.72. The fourth-order valence-corrected chi connectivity index (χ4v) is 3.49. The van der Waals surface area contributed by atoms with Gasteiger partial charge in [0.2, 0.25) is 0 Å². The van der Waals surface area contributed by atoms with Crippen LogP contribution in [0.5, 0.6) is 5.75 Å². The molecule has 0 atom stereocenters. The monoisotopic (exact) mass is 347 g/mol. The number of anilines is 1. The van der Waals surface area contributed by atoms with Crippen LogP contribution in [-0.4, -0.2) is 24.7 Å². The molecule has 0 aliphatic heterocycles. The lowest BCUT2D eigenvalue weighted by Crippen LogP contribution is -2.43. The molecule has 1 saturated carbocycles. The van der Waals surface area contributed by atoms with Crippen LogP contribution in [0.15, 0.2) is 12.1 Å². The molecular formula is C21H33NO3. The quantitative estimate of drug-likeness (QED) is 0.628. The van der Waals surface area contributed by atoms with Gasteiger partial charge in [0, 0.05) is 12.3 Å². The maximum absolute atomic E-state index is 12.9. The van der Waals surface area contributed by atoms with E-state index >= 15 is 0 Å². The Morgan fingerprint density at radius 3 is 2.28 bits per heavy atom. The molecule has 1 aromatic rings. The van der Waals surface area contributed by atoms with E-state index < -0.39 is 5.60 Å². The average Bonchev–Trinajstić information content (AvgIpc) is 3.06. The van der Waals surface area contributed by atoms with Gasteiger partial charge in [-0.1, -0.05) is 20.3 Å². The van der Waals surface area contributed by atoms with Gasteiger partial charge in [-0.3, -0.25) is 4.79 Å². The van der Waals surface area contributed by atoms with Crippen LogP contribution in [0.4, 0.5) is 5.69 Å². The predicted molar refractivity (Wildman–Crippen MR) is 102 cm³/mol. The van der Waals surface area contributed by atoms with Gasteiger partial charge in [-0.25, -0.2) is 0 Å². The largest absolute Gasteiger partial charge is 0.493 e. The topological polar surface area (TPSA) is 47.6 Å². The van der Waals surface area contributed by atoms with Crippen LogP contribution in [0, 0.1) is 13.8 Å². The smallest absolute Gasteiger partial charge is 0.256 e. The zero-order chi connectivity index (χ0) is 18.3. The average molecular weight is 347 g/mol. The number of ether oxygens (including phenoxy) is 2. The third-order valence-corrected chi connectivity index (χ3v) is 4.87. The van der Waals surface area contributed by atoms with Crippen LogP contribution in [0.2, 0.25) is 0 Å². The Labute approximate surface area is 152 Å². The number of benzene rings is 1. The van der Waals surface area contributed by atoms with Crippen LogP contribution in [-0.2, 0) is 9.53 Å². The second-order valence-corrected chi connectivity index (χ2v) is 7.15. The van der Waals surface area contributed by atoms with Crippen molar-refractivity contribution in [2.45, 2.75) is 78.2 Å². The Morgan fingerprint density at radius 1 is 1.08 bits per heavy atom. The van der Waals surface area contributed by atoms with Gasteiger partial charge in [-0.2, -0.15) is 0 Å². The van der Waals surface area contributed by atoms with Crippen LogP contribution >= 0.6 is 0 Å². The molecule has 25 heavy (non-hydrogen) atoms. The van der Waals surface area contributed by atoms with Crippen LogP contribution in [0.3, 0.4) is 0 Å². The van der Waals surface area contributed by atoms with Gasteiger partial charge >= 0.3 is 0 Å². The molecule has 0 radical (unpaired) electrons. The molecule has 140 valence electrons. The first-order chi connectivity index (χ1) is 12.0. The zero-order valence-electron chi connectivity index (χ0n) is 16.2. The molecule has 1 amide bonds. The van der Waals surface area contributed by atoms with Crippen molar-refractivity contribution in [1.29, 1.82) is 0 Å². The summed E-state index contributed by atoms with van der Waals surface area (Å²) in [6.45, 7) is 9.66. The van der Waals surface area contributed by atoms with Crippen molar-refractivity contribution in [2.24, 2.45) is 0 Å². The molecule has 0 unspecified atom stereocenters. The van der Waals surface area contributed by atoms with Gasteiger partial charge < -0.3 is 14.8 Å². The van der Waals surface area contributed by atoms with Gasteiger partial charge in [-0.05, 0) is 75.6 Å². The van der Waals surface area contributed by atoms with Crippen molar-refractivity contribution in [3.63, 3.8) is 0 Å². The molecular weight excluding hydrogens is 314 g/mol. The molecule has 4 nitrogen and oxygen atoms in total. The van der Waals surface area contributed by atoms with Crippen molar-refractivity contribution < 1.29 is 14.3 Å². The third-order valence-electron chi connectivity index (χ3n) is 4.87. The molecule has 4 heteroatoms. The molecule has 0 saturated heterocycles. The van der Waals surface area contributed by atoms with E-state index in [4.69, 9.17) is 9.47 Å². The fourth-order valence-electron chi connectivity index (χ4n) is 3.49. The predicted octanol–water partition coefficient (Wildman–Crippen LogP) is 5.16. The maximum atomic E-state index is 12.9. The van der Waals surface area contributed by atoms with Crippen molar-refractivity contribution in [1.82, 2.24) is 0 Å². The summed E-state index contributed by atoms with van der Waals surface area (Å²) in [4.78, 5) is 12.9. The maximum Gasteiger partial charge on any atom is 0.256 e. The lowest BCUT2D eigenvalue weighted by Gasteiger charge is -2.28. The molecule has 0 bridgehead atoms. The molecule has 1 fully saturated rings. The number of nitrogens with one attached hydrogen (secondary N) is 1. The molecule has 1 N–H and O–H groups in total. The summed E-state index contributed by atoms with van der Waals surface area (Å²) in [7, 11) is 0. The number of unbranched alkanes of at least 4 members (excludes halogenated alkanes) is 1. The third kappa shape index (κ3) is 4.97. The molecule has 0 spiro atoms. The lowest BCUT2D eigenvalue weighted by atomic mass is 10.00. The van der Waals surface area contributed by atoms with E-state index in [1.165, 1.54) is 0 Å². The SMILES string of the molecule is CCCCOc1c(C)cc(NC(=O)C2(OCCC)CCCC2)cc1C. The summed E-state index contributed by atoms with van der Waals surface area (Å²) in [5.41, 5.74) is 2.30. The molecule has 2 rings (SSSR count). The summed E-state index contributed by atoms with van der Waals surface area (Å²) in [5, 5.41) is 3.09. The number of carbonyl (C=O) groups is 1. The highest BCUT2D eigenvalue weighted by Crippen LogP contribution is 2.35. The van der Waals surface area contributed by atoms with E-state index in [0.717, 1.165) is 74.1 Å². The molecule has 0 heterocycles. The van der Waals surface area contributed by atoms with E-state index in [9.17, 15) is 4.79 Å². The van der Waals surface area contributed by atoms with Gasteiger partial charge in [0.05, 0.1) is 6.61 Å². The number of hydrogen-bond acceptors (Lipinski definition) is 3. The van der Waals surface area contributed by atoms with E-state index in [-0.39, 0.29) is 5.91 Å². The van der Waals surface area contributed by atoms with Crippen molar-refractivity contribution in [2.75, 3.05) is 18.5 Å². The Bertz CT molecular complexity index is 553. The summed E-state index contributed by atoms with van der Waals surface area (Å²) in [6.07, 6.45) is 6.83. The number of amides is 1. The highest BCUT2D eigenvalue weighted by molar-refractivity contribution is 5.97. The molecule has 1 aliphatic rings. The Morgan fingerprint density at radius 2 is 1.72 bits per heavy atom. The number of rotatable bonds is 9. The van der Waals surface area contributed by atoms with Gasteiger partial charge in [0.15, 0.2) is 0 Å². The van der Waals surface area contributed by atoms with Gasteiger partial charge in [0.1, 0.15) is 11.4 Å². The van der Waals surface area contributed by atoms with Crippen molar-refractivity contribution in [3.8, 4) is 5.75 Å². The summed E-state index contributed by atoms with van der Waals surface area (Å²) in [6, 6.07) is 3.99. The van der Waals surface area contributed by atoms with E-state index in [1.807, 2.05) is 26.0 Å². The fraction of sp³-hybridized carbons (Fsp3) is 0.667. The minimum absolute atomic E-state index is 0.00287. The standard InChI is InChI=1S/C21H33NO3/c1-5-7-13-24-19-16(3)14-18(15-17(19)4)22-20(23)21(25-12-6-2)10-8-9-11-21/h14-15H,5-13H2,1-4H3,(H,22,23).